The number of carboxylic acid groups (broad SMARTS) is 1. The Hall–Kier alpha value is -1.06. The molecule has 0 aromatic heterocycles. The van der Waals surface area contributed by atoms with Crippen molar-refractivity contribution in [3.63, 3.8) is 0 Å². The van der Waals surface area contributed by atoms with Crippen molar-refractivity contribution in [3.05, 3.63) is 0 Å². The molecule has 0 aliphatic heterocycles. The summed E-state index contributed by atoms with van der Waals surface area (Å²) in [5.74, 6) is -0.554. The highest BCUT2D eigenvalue weighted by atomic mass is 16.4. The molecule has 0 aliphatic carbocycles. The molecule has 82 valence electrons. The number of hydrogen-bond acceptors (Lipinski definition) is 2. The highest BCUT2D eigenvalue weighted by Gasteiger charge is 2.20. The molecule has 1 amide bonds. The van der Waals surface area contributed by atoms with Crippen LogP contribution >= 0.6 is 0 Å². The van der Waals surface area contributed by atoms with Crippen LogP contribution in [-0.4, -0.2) is 35.0 Å². The van der Waals surface area contributed by atoms with Gasteiger partial charge < -0.3 is 10.0 Å². The third-order valence-electron chi connectivity index (χ3n) is 2.20. The van der Waals surface area contributed by atoms with E-state index in [-0.39, 0.29) is 18.4 Å². The number of carbonyl (C=O) groups excluding carboxylic acids is 1. The summed E-state index contributed by atoms with van der Waals surface area (Å²) in [6.07, 6.45) is 0.747. The van der Waals surface area contributed by atoms with E-state index in [4.69, 9.17) is 5.11 Å². The van der Waals surface area contributed by atoms with Gasteiger partial charge in [0, 0.05) is 20.0 Å². The number of aliphatic carboxylic acids is 1. The van der Waals surface area contributed by atoms with Crippen LogP contribution in [0.4, 0.5) is 0 Å². The monoisotopic (exact) mass is 201 g/mol. The van der Waals surface area contributed by atoms with Crippen molar-refractivity contribution >= 4 is 11.9 Å². The Morgan fingerprint density at radius 2 is 1.86 bits per heavy atom. The molecule has 0 aliphatic rings. The number of hydrogen-bond donors (Lipinski definition) is 1. The summed E-state index contributed by atoms with van der Waals surface area (Å²) in [4.78, 5) is 23.2. The lowest BCUT2D eigenvalue weighted by Crippen LogP contribution is -2.38. The van der Waals surface area contributed by atoms with Gasteiger partial charge in [0.05, 0.1) is 6.42 Å². The Morgan fingerprint density at radius 1 is 1.36 bits per heavy atom. The second-order valence-corrected chi connectivity index (χ2v) is 4.01. The van der Waals surface area contributed by atoms with E-state index in [2.05, 4.69) is 0 Å². The largest absolute Gasteiger partial charge is 0.481 e. The molecule has 1 atom stereocenters. The quantitative estimate of drug-likeness (QED) is 0.730. The van der Waals surface area contributed by atoms with E-state index >= 15 is 0 Å². The molecule has 4 heteroatoms. The van der Waals surface area contributed by atoms with Crippen LogP contribution in [-0.2, 0) is 9.59 Å². The average Bonchev–Trinajstić information content (AvgIpc) is 1.99. The van der Waals surface area contributed by atoms with Gasteiger partial charge in [0.1, 0.15) is 0 Å². The fourth-order valence-corrected chi connectivity index (χ4v) is 1.38. The van der Waals surface area contributed by atoms with Crippen LogP contribution in [0.5, 0.6) is 0 Å². The topological polar surface area (TPSA) is 57.6 Å². The number of amides is 1. The minimum absolute atomic E-state index is 0.0221. The Bertz CT molecular complexity index is 213. The first-order chi connectivity index (χ1) is 6.34. The number of nitrogens with zero attached hydrogens (tertiary/aromatic N) is 1. The number of carboxylic acids is 1. The summed E-state index contributed by atoms with van der Waals surface area (Å²) in [7, 11) is 1.65. The van der Waals surface area contributed by atoms with Gasteiger partial charge in [-0.25, -0.2) is 0 Å². The van der Waals surface area contributed by atoms with Crippen molar-refractivity contribution < 1.29 is 14.7 Å². The minimum atomic E-state index is -0.858. The van der Waals surface area contributed by atoms with E-state index in [1.807, 2.05) is 13.8 Å². The van der Waals surface area contributed by atoms with Gasteiger partial charge in [0.25, 0.3) is 0 Å². The van der Waals surface area contributed by atoms with Crippen molar-refractivity contribution in [2.24, 2.45) is 5.92 Å². The Balaban J connectivity index is 4.37. The van der Waals surface area contributed by atoms with Crippen LogP contribution in [0.1, 0.15) is 33.6 Å². The maximum Gasteiger partial charge on any atom is 0.305 e. The molecule has 0 aromatic carbocycles. The van der Waals surface area contributed by atoms with Gasteiger partial charge in [0.15, 0.2) is 0 Å². The second-order valence-electron chi connectivity index (χ2n) is 4.01. The predicted octanol–water partition coefficient (Wildman–Crippen LogP) is 1.35. The highest BCUT2D eigenvalue weighted by molar-refractivity contribution is 5.74. The van der Waals surface area contributed by atoms with Crippen LogP contribution in [0.2, 0.25) is 0 Å². The highest BCUT2D eigenvalue weighted by Crippen LogP contribution is 2.13. The summed E-state index contributed by atoms with van der Waals surface area (Å²) >= 11 is 0. The molecule has 0 saturated heterocycles. The van der Waals surface area contributed by atoms with E-state index in [0.29, 0.717) is 5.92 Å². The molecule has 0 bridgehead atoms. The van der Waals surface area contributed by atoms with Gasteiger partial charge in [-0.3, -0.25) is 9.59 Å². The van der Waals surface area contributed by atoms with Crippen molar-refractivity contribution in [1.29, 1.82) is 0 Å². The molecule has 0 aromatic rings. The summed E-state index contributed by atoms with van der Waals surface area (Å²) < 4.78 is 0. The van der Waals surface area contributed by atoms with Crippen molar-refractivity contribution in [2.45, 2.75) is 39.7 Å². The molecular weight excluding hydrogens is 182 g/mol. The molecule has 4 nitrogen and oxygen atoms in total. The van der Waals surface area contributed by atoms with Crippen LogP contribution < -0.4 is 0 Å². The second kappa shape index (κ2) is 5.62. The van der Waals surface area contributed by atoms with Crippen LogP contribution in [0, 0.1) is 5.92 Å². The lowest BCUT2D eigenvalue weighted by atomic mass is 10.00. The van der Waals surface area contributed by atoms with E-state index < -0.39 is 5.97 Å². The van der Waals surface area contributed by atoms with Crippen LogP contribution in [0.3, 0.4) is 0 Å². The smallest absolute Gasteiger partial charge is 0.305 e. The Morgan fingerprint density at radius 3 is 2.14 bits per heavy atom. The molecule has 0 heterocycles. The third-order valence-corrected chi connectivity index (χ3v) is 2.20. The average molecular weight is 201 g/mol. The van der Waals surface area contributed by atoms with Crippen LogP contribution in [0.15, 0.2) is 0 Å². The normalized spacial score (nSPS) is 12.6. The molecule has 0 rings (SSSR count). The first-order valence-corrected chi connectivity index (χ1v) is 4.79. The molecule has 0 unspecified atom stereocenters. The van der Waals surface area contributed by atoms with Crippen LogP contribution in [0.25, 0.3) is 0 Å². The molecular formula is C10H19NO3. The van der Waals surface area contributed by atoms with Gasteiger partial charge in [-0.1, -0.05) is 13.8 Å². The van der Waals surface area contributed by atoms with Gasteiger partial charge in [-0.15, -0.1) is 0 Å². The molecule has 0 radical (unpaired) electrons. The molecule has 1 N–H and O–H groups in total. The summed E-state index contributed by atoms with van der Waals surface area (Å²) in [6.45, 7) is 5.49. The fraction of sp³-hybridized carbons (Fsp3) is 0.800. The zero-order chi connectivity index (χ0) is 11.3. The molecule has 0 fully saturated rings. The van der Waals surface area contributed by atoms with E-state index in [0.717, 1.165) is 6.42 Å². The van der Waals surface area contributed by atoms with Gasteiger partial charge in [-0.2, -0.15) is 0 Å². The fourth-order valence-electron chi connectivity index (χ4n) is 1.38. The zero-order valence-electron chi connectivity index (χ0n) is 9.28. The minimum Gasteiger partial charge on any atom is -0.481 e. The summed E-state index contributed by atoms with van der Waals surface area (Å²) in [5, 5.41) is 8.69. The van der Waals surface area contributed by atoms with Gasteiger partial charge in [-0.05, 0) is 12.3 Å². The summed E-state index contributed by atoms with van der Waals surface area (Å²) in [5.41, 5.74) is 0. The van der Waals surface area contributed by atoms with Crippen molar-refractivity contribution in [3.8, 4) is 0 Å². The zero-order valence-corrected chi connectivity index (χ0v) is 9.28. The SMILES string of the molecule is CC(=O)N(C)[C@H](CC(=O)O)CC(C)C. The maximum atomic E-state index is 11.1. The standard InChI is InChI=1S/C10H19NO3/c1-7(2)5-9(6-10(13)14)11(4)8(3)12/h7,9H,5-6H2,1-4H3,(H,13,14)/t9-/m0/s1. The first kappa shape index (κ1) is 12.9. The van der Waals surface area contributed by atoms with E-state index in [9.17, 15) is 9.59 Å². The van der Waals surface area contributed by atoms with Gasteiger partial charge in [0.2, 0.25) is 5.91 Å². The third kappa shape index (κ3) is 4.84. The number of rotatable bonds is 5. The van der Waals surface area contributed by atoms with E-state index in [1.54, 1.807) is 7.05 Å². The van der Waals surface area contributed by atoms with Crippen molar-refractivity contribution in [1.82, 2.24) is 4.90 Å². The molecule has 14 heavy (non-hydrogen) atoms. The lowest BCUT2D eigenvalue weighted by molar-refractivity contribution is -0.140. The lowest BCUT2D eigenvalue weighted by Gasteiger charge is -2.27. The van der Waals surface area contributed by atoms with Crippen molar-refractivity contribution in [2.75, 3.05) is 7.05 Å². The summed E-state index contributed by atoms with van der Waals surface area (Å²) in [6, 6.07) is -0.190. The first-order valence-electron chi connectivity index (χ1n) is 4.79. The molecule has 0 spiro atoms. The maximum absolute atomic E-state index is 11.1. The van der Waals surface area contributed by atoms with E-state index in [1.165, 1.54) is 11.8 Å². The number of carbonyl (C=O) groups is 2. The molecule has 0 saturated carbocycles. The Kier molecular flexibility index (Phi) is 5.20. The van der Waals surface area contributed by atoms with Gasteiger partial charge >= 0.3 is 5.97 Å². The predicted molar refractivity (Wildman–Crippen MR) is 53.9 cm³/mol. The Labute approximate surface area is 84.9 Å².